The molecule has 0 saturated heterocycles. The van der Waals surface area contributed by atoms with E-state index in [4.69, 9.17) is 14.2 Å². The number of nitrogens with zero attached hydrogens (tertiary/aromatic N) is 4. The van der Waals surface area contributed by atoms with Gasteiger partial charge in [-0.2, -0.15) is 9.61 Å². The van der Waals surface area contributed by atoms with E-state index >= 15 is 0 Å². The van der Waals surface area contributed by atoms with Crippen LogP contribution in [0.4, 0.5) is 0 Å². The van der Waals surface area contributed by atoms with E-state index < -0.39 is 0 Å². The summed E-state index contributed by atoms with van der Waals surface area (Å²) < 4.78 is 17.6. The largest absolute Gasteiger partial charge is 0.497 e. The number of fused-ring (bicyclic) bond motifs is 2. The van der Waals surface area contributed by atoms with Gasteiger partial charge in [-0.1, -0.05) is 11.8 Å². The molecule has 5 rings (SSSR count). The number of carbonyl (C=O) groups excluding carboxylic acids is 1. The van der Waals surface area contributed by atoms with Gasteiger partial charge in [0.05, 0.1) is 18.6 Å². The molecule has 0 aliphatic carbocycles. The highest BCUT2D eigenvalue weighted by molar-refractivity contribution is 7.99. The second-order valence-electron chi connectivity index (χ2n) is 6.48. The van der Waals surface area contributed by atoms with E-state index in [0.29, 0.717) is 27.9 Å². The first-order valence-electron chi connectivity index (χ1n) is 9.14. The molecule has 30 heavy (non-hydrogen) atoms. The molecule has 0 saturated carbocycles. The monoisotopic (exact) mass is 420 g/mol. The number of ether oxygens (including phenoxy) is 3. The van der Waals surface area contributed by atoms with Crippen molar-refractivity contribution in [3.8, 4) is 28.5 Å². The number of ketones is 1. The maximum absolute atomic E-state index is 12.5. The fourth-order valence-electron chi connectivity index (χ4n) is 3.06. The Balaban J connectivity index is 1.37. The molecule has 2 aromatic heterocycles. The van der Waals surface area contributed by atoms with Crippen molar-refractivity contribution in [3.63, 3.8) is 0 Å². The minimum Gasteiger partial charge on any atom is -0.497 e. The minimum absolute atomic E-state index is 0.00803. The minimum atomic E-state index is -0.00803. The maximum Gasteiger partial charge on any atom is 0.231 e. The molecule has 0 bridgehead atoms. The van der Waals surface area contributed by atoms with Crippen molar-refractivity contribution in [2.45, 2.75) is 5.16 Å². The third kappa shape index (κ3) is 3.43. The van der Waals surface area contributed by atoms with Crippen LogP contribution in [0, 0.1) is 0 Å². The first kappa shape index (κ1) is 18.4. The van der Waals surface area contributed by atoms with E-state index in [1.165, 1.54) is 11.8 Å². The molecule has 0 radical (unpaired) electrons. The molecule has 1 aliphatic heterocycles. The third-order valence-corrected chi connectivity index (χ3v) is 5.57. The van der Waals surface area contributed by atoms with E-state index in [1.807, 2.05) is 30.3 Å². The normalized spacial score (nSPS) is 12.3. The summed E-state index contributed by atoms with van der Waals surface area (Å²) in [6.07, 6.45) is 0. The van der Waals surface area contributed by atoms with Crippen molar-refractivity contribution in [1.82, 2.24) is 19.8 Å². The van der Waals surface area contributed by atoms with Crippen molar-refractivity contribution in [3.05, 3.63) is 60.2 Å². The Morgan fingerprint density at radius 2 is 1.90 bits per heavy atom. The van der Waals surface area contributed by atoms with Gasteiger partial charge >= 0.3 is 0 Å². The highest BCUT2D eigenvalue weighted by Gasteiger charge is 2.16. The fourth-order valence-corrected chi connectivity index (χ4v) is 3.84. The molecule has 0 N–H and O–H groups in total. The van der Waals surface area contributed by atoms with Gasteiger partial charge in [-0.3, -0.25) is 4.79 Å². The SMILES string of the molecule is COc1ccc(C(=O)CSc2nnc3ccc(-c4ccc5c(c4)OCO5)nn23)cc1. The molecular weight excluding hydrogens is 404 g/mol. The Morgan fingerprint density at radius 3 is 2.73 bits per heavy atom. The summed E-state index contributed by atoms with van der Waals surface area (Å²) in [5.41, 5.74) is 2.86. The van der Waals surface area contributed by atoms with E-state index in [0.717, 1.165) is 17.0 Å². The van der Waals surface area contributed by atoms with E-state index in [9.17, 15) is 4.79 Å². The summed E-state index contributed by atoms with van der Waals surface area (Å²) in [7, 11) is 1.59. The van der Waals surface area contributed by atoms with Gasteiger partial charge in [-0.05, 0) is 54.6 Å². The lowest BCUT2D eigenvalue weighted by Gasteiger charge is -2.05. The second kappa shape index (κ2) is 7.68. The van der Waals surface area contributed by atoms with Gasteiger partial charge in [-0.25, -0.2) is 0 Å². The summed E-state index contributed by atoms with van der Waals surface area (Å²) in [5.74, 6) is 2.34. The molecule has 0 atom stereocenters. The van der Waals surface area contributed by atoms with Gasteiger partial charge in [0.1, 0.15) is 5.75 Å². The molecule has 0 spiro atoms. The molecule has 0 unspecified atom stereocenters. The van der Waals surface area contributed by atoms with E-state index in [1.54, 1.807) is 35.9 Å². The smallest absolute Gasteiger partial charge is 0.231 e. The number of hydrogen-bond donors (Lipinski definition) is 0. The second-order valence-corrected chi connectivity index (χ2v) is 7.42. The predicted molar refractivity (Wildman–Crippen MR) is 110 cm³/mol. The van der Waals surface area contributed by atoms with Crippen LogP contribution in [0.5, 0.6) is 17.2 Å². The molecular formula is C21H16N4O4S. The van der Waals surface area contributed by atoms with Crippen molar-refractivity contribution in [2.75, 3.05) is 19.7 Å². The number of rotatable bonds is 6. The zero-order valence-corrected chi connectivity index (χ0v) is 16.8. The van der Waals surface area contributed by atoms with Gasteiger partial charge in [0.15, 0.2) is 22.9 Å². The van der Waals surface area contributed by atoms with Crippen LogP contribution in [0.25, 0.3) is 16.9 Å². The lowest BCUT2D eigenvalue weighted by atomic mass is 10.1. The average Bonchev–Trinajstić information content (AvgIpc) is 3.43. The van der Waals surface area contributed by atoms with Crippen LogP contribution >= 0.6 is 11.8 Å². The van der Waals surface area contributed by atoms with Crippen molar-refractivity contribution in [2.24, 2.45) is 0 Å². The summed E-state index contributed by atoms with van der Waals surface area (Å²) in [4.78, 5) is 12.5. The van der Waals surface area contributed by atoms with Crippen LogP contribution in [0.3, 0.4) is 0 Å². The van der Waals surface area contributed by atoms with Crippen LogP contribution in [0.1, 0.15) is 10.4 Å². The number of aromatic nitrogens is 4. The number of carbonyl (C=O) groups is 1. The number of benzene rings is 2. The highest BCUT2D eigenvalue weighted by Crippen LogP contribution is 2.35. The average molecular weight is 420 g/mol. The summed E-state index contributed by atoms with van der Waals surface area (Å²) in [6, 6.07) is 16.4. The number of Topliss-reactive ketones (excluding diaryl/α,β-unsaturated/α-hetero) is 1. The first-order valence-corrected chi connectivity index (χ1v) is 10.1. The summed E-state index contributed by atoms with van der Waals surface area (Å²) in [6.45, 7) is 0.222. The summed E-state index contributed by atoms with van der Waals surface area (Å²) >= 11 is 1.29. The molecule has 8 nitrogen and oxygen atoms in total. The maximum atomic E-state index is 12.5. The van der Waals surface area contributed by atoms with E-state index in [-0.39, 0.29) is 18.3 Å². The first-order chi connectivity index (χ1) is 14.7. The molecule has 0 amide bonds. The molecule has 4 aromatic rings. The quantitative estimate of drug-likeness (QED) is 0.346. The Morgan fingerprint density at radius 1 is 1.07 bits per heavy atom. The molecule has 3 heterocycles. The lowest BCUT2D eigenvalue weighted by Crippen LogP contribution is -2.04. The fraction of sp³-hybridized carbons (Fsp3) is 0.143. The van der Waals surface area contributed by atoms with Crippen LogP contribution in [-0.2, 0) is 0 Å². The van der Waals surface area contributed by atoms with Crippen molar-refractivity contribution in [1.29, 1.82) is 0 Å². The Labute approximate surface area is 175 Å². The lowest BCUT2D eigenvalue weighted by molar-refractivity contribution is 0.102. The number of methoxy groups -OCH3 is 1. The number of thioether (sulfide) groups is 1. The molecule has 150 valence electrons. The Bertz CT molecular complexity index is 1240. The molecule has 9 heteroatoms. The Kier molecular flexibility index (Phi) is 4.72. The van der Waals surface area contributed by atoms with Gasteiger partial charge in [0.25, 0.3) is 0 Å². The van der Waals surface area contributed by atoms with Crippen molar-refractivity contribution >= 4 is 23.2 Å². The van der Waals surface area contributed by atoms with Crippen molar-refractivity contribution < 1.29 is 19.0 Å². The van der Waals surface area contributed by atoms with E-state index in [2.05, 4.69) is 15.3 Å². The zero-order chi connectivity index (χ0) is 20.5. The van der Waals surface area contributed by atoms with Gasteiger partial charge < -0.3 is 14.2 Å². The zero-order valence-electron chi connectivity index (χ0n) is 15.9. The van der Waals surface area contributed by atoms with Gasteiger partial charge in [0.2, 0.25) is 11.9 Å². The summed E-state index contributed by atoms with van der Waals surface area (Å²) in [5, 5.41) is 13.5. The predicted octanol–water partition coefficient (Wildman–Crippen LogP) is 3.50. The number of hydrogen-bond acceptors (Lipinski definition) is 8. The third-order valence-electron chi connectivity index (χ3n) is 4.65. The topological polar surface area (TPSA) is 87.8 Å². The molecule has 0 fully saturated rings. The van der Waals surface area contributed by atoms with Crippen LogP contribution in [-0.4, -0.2) is 45.3 Å². The van der Waals surface area contributed by atoms with Crippen LogP contribution < -0.4 is 14.2 Å². The standard InChI is InChI=1S/C21H16N4O4S/c1-27-15-5-2-13(3-6-15)17(26)11-30-21-23-22-20-9-7-16(24-25(20)21)14-4-8-18-19(10-14)29-12-28-18/h2-10H,11-12H2,1H3. The molecule has 1 aliphatic rings. The van der Waals surface area contributed by atoms with Gasteiger partial charge in [-0.15, -0.1) is 10.2 Å². The molecule has 2 aromatic carbocycles. The van der Waals surface area contributed by atoms with Gasteiger partial charge in [0, 0.05) is 11.1 Å². The Hall–Kier alpha value is -3.59. The van der Waals surface area contributed by atoms with Crippen LogP contribution in [0.2, 0.25) is 0 Å². The highest BCUT2D eigenvalue weighted by atomic mass is 32.2. The van der Waals surface area contributed by atoms with Crippen LogP contribution in [0.15, 0.2) is 59.8 Å².